The van der Waals surface area contributed by atoms with Crippen LogP contribution in [0.4, 0.5) is 0 Å². The molecule has 100 valence electrons. The van der Waals surface area contributed by atoms with Crippen LogP contribution in [0.15, 0.2) is 40.6 Å². The Morgan fingerprint density at radius 2 is 2.21 bits per heavy atom. The number of rotatable bonds is 5. The average Bonchev–Trinajstić information content (AvgIpc) is 2.93. The summed E-state index contributed by atoms with van der Waals surface area (Å²) in [5.74, 6) is 0.162. The van der Waals surface area contributed by atoms with Crippen LogP contribution < -0.4 is 5.73 Å². The molecule has 2 rings (SSSR count). The van der Waals surface area contributed by atoms with E-state index in [9.17, 15) is 0 Å². The van der Waals surface area contributed by atoms with Gasteiger partial charge in [-0.1, -0.05) is 42.0 Å². The number of nitrogens with zero attached hydrogens (tertiary/aromatic N) is 5. The molecule has 0 radical (unpaired) electrons. The molecule has 0 aliphatic carbocycles. The Hall–Kier alpha value is -2.09. The van der Waals surface area contributed by atoms with E-state index < -0.39 is 0 Å². The highest BCUT2D eigenvalue weighted by Gasteiger charge is 2.18. The summed E-state index contributed by atoms with van der Waals surface area (Å²) in [6.45, 7) is 1.95. The van der Waals surface area contributed by atoms with Crippen molar-refractivity contribution < 1.29 is 5.21 Å². The van der Waals surface area contributed by atoms with E-state index in [4.69, 9.17) is 10.9 Å². The van der Waals surface area contributed by atoms with Crippen molar-refractivity contribution in [2.75, 3.05) is 0 Å². The molecule has 0 fully saturated rings. The van der Waals surface area contributed by atoms with Gasteiger partial charge in [-0.15, -0.1) is 5.10 Å². The lowest BCUT2D eigenvalue weighted by molar-refractivity contribution is 0.317. The van der Waals surface area contributed by atoms with Crippen LogP contribution in [-0.2, 0) is 0 Å². The highest BCUT2D eigenvalue weighted by molar-refractivity contribution is 8.00. The van der Waals surface area contributed by atoms with Crippen molar-refractivity contribution in [3.63, 3.8) is 0 Å². The maximum Gasteiger partial charge on any atom is 0.214 e. The monoisotopic (exact) mass is 278 g/mol. The van der Waals surface area contributed by atoms with E-state index in [2.05, 4.69) is 20.7 Å². The Bertz CT molecular complexity index is 555. The third-order valence-corrected chi connectivity index (χ3v) is 3.83. The van der Waals surface area contributed by atoms with Crippen LogP contribution in [0.25, 0.3) is 5.69 Å². The molecular formula is C11H14N6OS. The highest BCUT2D eigenvalue weighted by Crippen LogP contribution is 2.24. The second kappa shape index (κ2) is 6.19. The molecule has 0 saturated heterocycles. The van der Waals surface area contributed by atoms with E-state index in [0.29, 0.717) is 11.6 Å². The average molecular weight is 278 g/mol. The predicted octanol–water partition coefficient (Wildman–Crippen LogP) is 1.28. The lowest BCUT2D eigenvalue weighted by Crippen LogP contribution is -2.26. The molecule has 1 heterocycles. The Balaban J connectivity index is 2.25. The van der Waals surface area contributed by atoms with Gasteiger partial charge in [-0.2, -0.15) is 4.68 Å². The summed E-state index contributed by atoms with van der Waals surface area (Å²) in [7, 11) is 0. The first-order chi connectivity index (χ1) is 9.26. The van der Waals surface area contributed by atoms with Gasteiger partial charge in [-0.05, 0) is 29.0 Å². The van der Waals surface area contributed by atoms with E-state index in [1.807, 2.05) is 37.3 Å². The van der Waals surface area contributed by atoms with E-state index in [0.717, 1.165) is 5.69 Å². The number of para-hydroxylation sites is 1. The second-order valence-corrected chi connectivity index (χ2v) is 4.92. The van der Waals surface area contributed by atoms with Gasteiger partial charge < -0.3 is 10.9 Å². The van der Waals surface area contributed by atoms with Crippen molar-refractivity contribution in [3.8, 4) is 5.69 Å². The molecule has 0 bridgehead atoms. The number of tetrazole rings is 1. The summed E-state index contributed by atoms with van der Waals surface area (Å²) >= 11 is 1.36. The van der Waals surface area contributed by atoms with Crippen molar-refractivity contribution in [1.82, 2.24) is 20.2 Å². The van der Waals surface area contributed by atoms with Crippen molar-refractivity contribution in [3.05, 3.63) is 30.3 Å². The van der Waals surface area contributed by atoms with Gasteiger partial charge in [-0.3, -0.25) is 0 Å². The minimum Gasteiger partial charge on any atom is -0.409 e. The van der Waals surface area contributed by atoms with Crippen LogP contribution in [0, 0.1) is 0 Å². The van der Waals surface area contributed by atoms with Crippen LogP contribution in [0.5, 0.6) is 0 Å². The van der Waals surface area contributed by atoms with Gasteiger partial charge in [0.05, 0.1) is 10.9 Å². The molecule has 7 nitrogen and oxygen atoms in total. The van der Waals surface area contributed by atoms with Crippen LogP contribution in [0.1, 0.15) is 13.3 Å². The van der Waals surface area contributed by atoms with E-state index in [1.165, 1.54) is 11.8 Å². The van der Waals surface area contributed by atoms with Gasteiger partial charge in [0.15, 0.2) is 5.84 Å². The molecule has 0 aliphatic rings. The zero-order valence-corrected chi connectivity index (χ0v) is 11.2. The third kappa shape index (κ3) is 3.02. The number of aromatic nitrogens is 4. The number of nitrogens with two attached hydrogens (primary N) is 1. The summed E-state index contributed by atoms with van der Waals surface area (Å²) in [5, 5.41) is 23.8. The third-order valence-electron chi connectivity index (χ3n) is 2.51. The molecule has 8 heteroatoms. The molecule has 0 amide bonds. The molecule has 2 aromatic rings. The first kappa shape index (κ1) is 13.3. The fraction of sp³-hybridized carbons (Fsp3) is 0.273. The fourth-order valence-electron chi connectivity index (χ4n) is 1.53. The molecule has 0 saturated carbocycles. The highest BCUT2D eigenvalue weighted by atomic mass is 32.2. The van der Waals surface area contributed by atoms with Crippen molar-refractivity contribution in [1.29, 1.82) is 0 Å². The first-order valence-corrected chi connectivity index (χ1v) is 6.62. The number of thioether (sulfide) groups is 1. The van der Waals surface area contributed by atoms with Crippen LogP contribution >= 0.6 is 11.8 Å². The minimum absolute atomic E-state index is 0.162. The SMILES string of the molecule is CCC(Sc1nnnn1-c1ccccc1)C(N)=NO. The summed E-state index contributed by atoms with van der Waals surface area (Å²) < 4.78 is 1.62. The van der Waals surface area contributed by atoms with E-state index in [-0.39, 0.29) is 11.1 Å². The van der Waals surface area contributed by atoms with Crippen LogP contribution in [0.3, 0.4) is 0 Å². The first-order valence-electron chi connectivity index (χ1n) is 5.74. The molecule has 1 unspecified atom stereocenters. The molecule has 1 aromatic heterocycles. The molecule has 3 N–H and O–H groups in total. The Morgan fingerprint density at radius 1 is 1.47 bits per heavy atom. The molecule has 0 aliphatic heterocycles. The van der Waals surface area contributed by atoms with Gasteiger partial charge >= 0.3 is 0 Å². The summed E-state index contributed by atoms with van der Waals surface area (Å²) in [5.41, 5.74) is 6.50. The normalized spacial score (nSPS) is 13.4. The number of hydrogen-bond donors (Lipinski definition) is 2. The van der Waals surface area contributed by atoms with Crippen molar-refractivity contribution in [2.45, 2.75) is 23.8 Å². The summed E-state index contributed by atoms with van der Waals surface area (Å²) in [6, 6.07) is 9.56. The molecule has 1 aromatic carbocycles. The quantitative estimate of drug-likeness (QED) is 0.281. The van der Waals surface area contributed by atoms with Gasteiger partial charge in [0.1, 0.15) is 0 Å². The molecule has 19 heavy (non-hydrogen) atoms. The number of amidine groups is 1. The zero-order chi connectivity index (χ0) is 13.7. The minimum atomic E-state index is -0.168. The summed E-state index contributed by atoms with van der Waals surface area (Å²) in [6.07, 6.45) is 0.711. The summed E-state index contributed by atoms with van der Waals surface area (Å²) in [4.78, 5) is 0. The van der Waals surface area contributed by atoms with Crippen molar-refractivity contribution in [2.24, 2.45) is 10.9 Å². The topological polar surface area (TPSA) is 102 Å². The van der Waals surface area contributed by atoms with Crippen LogP contribution in [0.2, 0.25) is 0 Å². The zero-order valence-electron chi connectivity index (χ0n) is 10.3. The van der Waals surface area contributed by atoms with Crippen LogP contribution in [-0.4, -0.2) is 36.5 Å². The van der Waals surface area contributed by atoms with Gasteiger partial charge in [0.25, 0.3) is 0 Å². The molecular weight excluding hydrogens is 264 g/mol. The largest absolute Gasteiger partial charge is 0.409 e. The van der Waals surface area contributed by atoms with Gasteiger partial charge in [0.2, 0.25) is 5.16 Å². The van der Waals surface area contributed by atoms with Crippen molar-refractivity contribution >= 4 is 17.6 Å². The second-order valence-electron chi connectivity index (χ2n) is 3.75. The number of hydrogen-bond acceptors (Lipinski definition) is 6. The molecule has 1 atom stereocenters. The number of oxime groups is 1. The standard InChI is InChI=1S/C11H14N6OS/c1-2-9(10(12)14-18)19-11-13-15-16-17(11)8-6-4-3-5-7-8/h3-7,9,18H,2H2,1H3,(H2,12,14). The van der Waals surface area contributed by atoms with E-state index >= 15 is 0 Å². The molecule has 0 spiro atoms. The lowest BCUT2D eigenvalue weighted by atomic mass is 10.3. The van der Waals surface area contributed by atoms with E-state index in [1.54, 1.807) is 4.68 Å². The maximum absolute atomic E-state index is 8.74. The smallest absolute Gasteiger partial charge is 0.214 e. The predicted molar refractivity (Wildman–Crippen MR) is 72.5 cm³/mol. The Kier molecular flexibility index (Phi) is 4.35. The maximum atomic E-state index is 8.74. The lowest BCUT2D eigenvalue weighted by Gasteiger charge is -2.11. The Labute approximate surface area is 114 Å². The fourth-order valence-corrected chi connectivity index (χ4v) is 2.44. The Morgan fingerprint density at radius 3 is 2.84 bits per heavy atom. The van der Waals surface area contributed by atoms with Gasteiger partial charge in [-0.25, -0.2) is 0 Å². The van der Waals surface area contributed by atoms with Gasteiger partial charge in [0, 0.05) is 0 Å². The number of benzene rings is 1.